The van der Waals surface area contributed by atoms with Crippen molar-refractivity contribution in [3.8, 4) is 0 Å². The predicted molar refractivity (Wildman–Crippen MR) is 59.2 cm³/mol. The summed E-state index contributed by atoms with van der Waals surface area (Å²) in [5.74, 6) is 0.592. The molecule has 0 nitrogen and oxygen atoms in total. The molecule has 0 aromatic heterocycles. The number of hydrogen-bond donors (Lipinski definition) is 0. The third-order valence-corrected chi connectivity index (χ3v) is 7.13. The van der Waals surface area contributed by atoms with Crippen molar-refractivity contribution in [2.75, 3.05) is 0 Å². The highest BCUT2D eigenvalue weighted by molar-refractivity contribution is 7.65. The molecule has 12 heavy (non-hydrogen) atoms. The van der Waals surface area contributed by atoms with E-state index >= 15 is 0 Å². The Bertz CT molecular complexity index is 174. The topological polar surface area (TPSA) is 0 Å². The maximum absolute atomic E-state index is 5.96. The van der Waals surface area contributed by atoms with Gasteiger partial charge in [0.25, 0.3) is 0 Å². The van der Waals surface area contributed by atoms with Crippen LogP contribution in [0, 0.1) is 5.92 Å². The van der Waals surface area contributed by atoms with Gasteiger partial charge in [-0.1, -0.05) is 19.1 Å². The Hall–Kier alpha value is 0.827. The van der Waals surface area contributed by atoms with Crippen LogP contribution in [-0.4, -0.2) is 6.00 Å². The highest BCUT2D eigenvalue weighted by Gasteiger charge is 2.38. The van der Waals surface area contributed by atoms with E-state index in [1.807, 2.05) is 0 Å². The highest BCUT2D eigenvalue weighted by Crippen LogP contribution is 2.43. The summed E-state index contributed by atoms with van der Waals surface area (Å²) in [5, 5.41) is 0. The van der Waals surface area contributed by atoms with Crippen molar-refractivity contribution in [3.63, 3.8) is 0 Å². The Morgan fingerprint density at radius 2 is 2.00 bits per heavy atom. The SMILES string of the molecule is CC(C1CC=CCC1)[Si](Cl)(Cl)Cl. The van der Waals surface area contributed by atoms with Crippen LogP contribution in [0.4, 0.5) is 0 Å². The smallest absolute Gasteiger partial charge is 0.126 e. The van der Waals surface area contributed by atoms with E-state index in [2.05, 4.69) is 19.1 Å². The fourth-order valence-corrected chi connectivity index (χ4v) is 3.98. The van der Waals surface area contributed by atoms with Crippen molar-refractivity contribution in [1.29, 1.82) is 0 Å². The van der Waals surface area contributed by atoms with E-state index in [1.165, 1.54) is 6.42 Å². The van der Waals surface area contributed by atoms with E-state index in [4.69, 9.17) is 33.2 Å². The zero-order chi connectivity index (χ0) is 9.19. The van der Waals surface area contributed by atoms with Gasteiger partial charge in [0.05, 0.1) is 0 Å². The molecule has 1 rings (SSSR count). The minimum Gasteiger partial charge on any atom is -0.126 e. The number of rotatable bonds is 2. The van der Waals surface area contributed by atoms with Crippen LogP contribution in [0.3, 0.4) is 0 Å². The van der Waals surface area contributed by atoms with Crippen LogP contribution in [0.5, 0.6) is 0 Å². The summed E-state index contributed by atoms with van der Waals surface area (Å²) in [6, 6.07) is -2.47. The van der Waals surface area contributed by atoms with Crippen molar-refractivity contribution in [2.24, 2.45) is 5.92 Å². The maximum atomic E-state index is 5.96. The summed E-state index contributed by atoms with van der Waals surface area (Å²) in [4.78, 5) is 0. The third kappa shape index (κ3) is 2.95. The molecule has 0 fully saturated rings. The number of hydrogen-bond acceptors (Lipinski definition) is 0. The van der Waals surface area contributed by atoms with E-state index < -0.39 is 6.00 Å². The van der Waals surface area contributed by atoms with Crippen molar-refractivity contribution >= 4 is 39.2 Å². The molecule has 0 N–H and O–H groups in total. The van der Waals surface area contributed by atoms with Crippen LogP contribution in [0.1, 0.15) is 26.2 Å². The molecule has 0 spiro atoms. The van der Waals surface area contributed by atoms with Crippen molar-refractivity contribution < 1.29 is 0 Å². The Balaban J connectivity index is 2.52. The Morgan fingerprint density at radius 3 is 2.42 bits per heavy atom. The van der Waals surface area contributed by atoms with E-state index in [-0.39, 0.29) is 5.54 Å². The minimum atomic E-state index is -2.47. The molecule has 0 aromatic rings. The molecular formula is C8H13Cl3Si. The fourth-order valence-electron chi connectivity index (χ4n) is 1.54. The summed E-state index contributed by atoms with van der Waals surface area (Å²) in [6.45, 7) is 2.07. The van der Waals surface area contributed by atoms with E-state index in [0.717, 1.165) is 12.8 Å². The molecule has 0 radical (unpaired) electrons. The van der Waals surface area contributed by atoms with Gasteiger partial charge in [-0.2, -0.15) is 0 Å². The second-order valence-corrected chi connectivity index (χ2v) is 12.5. The van der Waals surface area contributed by atoms with Crippen LogP contribution in [0.2, 0.25) is 5.54 Å². The van der Waals surface area contributed by atoms with Crippen LogP contribution in [-0.2, 0) is 0 Å². The zero-order valence-electron chi connectivity index (χ0n) is 7.06. The first kappa shape index (κ1) is 10.9. The molecule has 1 aliphatic rings. The first-order chi connectivity index (χ1) is 5.52. The van der Waals surface area contributed by atoms with Gasteiger partial charge in [0.2, 0.25) is 0 Å². The third-order valence-electron chi connectivity index (χ3n) is 2.53. The monoisotopic (exact) mass is 242 g/mol. The molecule has 1 aliphatic carbocycles. The molecular weight excluding hydrogens is 231 g/mol. The second kappa shape index (κ2) is 4.36. The molecule has 0 amide bonds. The van der Waals surface area contributed by atoms with E-state index in [9.17, 15) is 0 Å². The van der Waals surface area contributed by atoms with Gasteiger partial charge in [-0.3, -0.25) is 0 Å². The lowest BCUT2D eigenvalue weighted by molar-refractivity contribution is 0.462. The average Bonchev–Trinajstić information content (AvgIpc) is 2.03. The van der Waals surface area contributed by atoms with Gasteiger partial charge in [-0.15, -0.1) is 33.2 Å². The Labute approximate surface area is 89.0 Å². The lowest BCUT2D eigenvalue weighted by Gasteiger charge is -2.28. The largest absolute Gasteiger partial charge is 0.344 e. The van der Waals surface area contributed by atoms with Gasteiger partial charge in [0, 0.05) is 0 Å². The molecule has 70 valence electrons. The van der Waals surface area contributed by atoms with Crippen molar-refractivity contribution in [3.05, 3.63) is 12.2 Å². The molecule has 0 saturated heterocycles. The lowest BCUT2D eigenvalue weighted by atomic mass is 9.92. The molecule has 4 heteroatoms. The van der Waals surface area contributed by atoms with Gasteiger partial charge >= 0.3 is 6.00 Å². The molecule has 0 heterocycles. The van der Waals surface area contributed by atoms with Crippen molar-refractivity contribution in [1.82, 2.24) is 0 Å². The molecule has 2 atom stereocenters. The van der Waals surface area contributed by atoms with Crippen LogP contribution in [0.15, 0.2) is 12.2 Å². The quantitative estimate of drug-likeness (QED) is 0.383. The normalized spacial score (nSPS) is 27.2. The standard InChI is InChI=1S/C8H13Cl3Si/c1-7(12(9,10)11)8-5-3-2-4-6-8/h2-3,7-8H,4-6H2,1H3. The van der Waals surface area contributed by atoms with Gasteiger partial charge in [-0.25, -0.2) is 0 Å². The van der Waals surface area contributed by atoms with Crippen LogP contribution in [0.25, 0.3) is 0 Å². The zero-order valence-corrected chi connectivity index (χ0v) is 10.3. The molecule has 0 bridgehead atoms. The van der Waals surface area contributed by atoms with Gasteiger partial charge in [0.1, 0.15) is 0 Å². The molecule has 0 aliphatic heterocycles. The maximum Gasteiger partial charge on any atom is 0.344 e. The van der Waals surface area contributed by atoms with E-state index in [1.54, 1.807) is 0 Å². The summed E-state index contributed by atoms with van der Waals surface area (Å²) in [6.07, 6.45) is 7.82. The summed E-state index contributed by atoms with van der Waals surface area (Å²) in [5.41, 5.74) is 0.285. The first-order valence-electron chi connectivity index (χ1n) is 4.23. The van der Waals surface area contributed by atoms with E-state index in [0.29, 0.717) is 5.92 Å². The minimum absolute atomic E-state index is 0.285. The lowest BCUT2D eigenvalue weighted by Crippen LogP contribution is -2.25. The molecule has 0 aromatic carbocycles. The molecule has 0 saturated carbocycles. The number of halogens is 3. The van der Waals surface area contributed by atoms with Crippen LogP contribution >= 0.6 is 33.2 Å². The highest BCUT2D eigenvalue weighted by atomic mass is 35.8. The average molecular weight is 244 g/mol. The van der Waals surface area contributed by atoms with Gasteiger partial charge < -0.3 is 0 Å². The van der Waals surface area contributed by atoms with Crippen LogP contribution < -0.4 is 0 Å². The Morgan fingerprint density at radius 1 is 1.33 bits per heavy atom. The molecule has 2 unspecified atom stereocenters. The summed E-state index contributed by atoms with van der Waals surface area (Å²) >= 11 is 17.9. The first-order valence-corrected chi connectivity index (χ1v) is 9.35. The number of allylic oxidation sites excluding steroid dienone is 2. The fraction of sp³-hybridized carbons (Fsp3) is 0.750. The predicted octanol–water partition coefficient (Wildman–Crippen LogP) is 4.39. The van der Waals surface area contributed by atoms with Crippen molar-refractivity contribution in [2.45, 2.75) is 31.7 Å². The van der Waals surface area contributed by atoms with Gasteiger partial charge in [0.15, 0.2) is 0 Å². The van der Waals surface area contributed by atoms with Gasteiger partial charge in [-0.05, 0) is 30.7 Å². The summed E-state index contributed by atoms with van der Waals surface area (Å²) < 4.78 is 0. The second-order valence-electron chi connectivity index (χ2n) is 3.37. The summed E-state index contributed by atoms with van der Waals surface area (Å²) in [7, 11) is 0. The Kier molecular flexibility index (Phi) is 3.96.